The molecule has 0 aliphatic heterocycles. The van der Waals surface area contributed by atoms with Gasteiger partial charge in [0, 0.05) is 29.9 Å². The quantitative estimate of drug-likeness (QED) is 0.694. The number of rotatable bonds is 6. The van der Waals surface area contributed by atoms with E-state index in [2.05, 4.69) is 25.7 Å². The third-order valence-electron chi connectivity index (χ3n) is 4.64. The van der Waals surface area contributed by atoms with Crippen LogP contribution in [0, 0.1) is 6.92 Å². The van der Waals surface area contributed by atoms with Crippen LogP contribution < -0.4 is 10.1 Å². The van der Waals surface area contributed by atoms with Crippen molar-refractivity contribution in [1.82, 2.24) is 20.3 Å². The molecule has 1 fully saturated rings. The van der Waals surface area contributed by atoms with E-state index in [0.29, 0.717) is 17.5 Å². The highest BCUT2D eigenvalue weighted by Gasteiger charge is 2.29. The molecule has 3 aromatic heterocycles. The molecule has 0 unspecified atom stereocenters. The zero-order chi connectivity index (χ0) is 18.6. The van der Waals surface area contributed by atoms with Gasteiger partial charge in [-0.1, -0.05) is 5.16 Å². The molecule has 8 nitrogen and oxygen atoms in total. The summed E-state index contributed by atoms with van der Waals surface area (Å²) in [5, 5.41) is 13.8. The summed E-state index contributed by atoms with van der Waals surface area (Å²) in [7, 11) is 0. The second-order valence-corrected chi connectivity index (χ2v) is 6.81. The van der Waals surface area contributed by atoms with Gasteiger partial charge in [0.05, 0.1) is 24.4 Å². The lowest BCUT2D eigenvalue weighted by Gasteiger charge is -2.13. The molecule has 2 N–H and O–H groups in total. The predicted octanol–water partition coefficient (Wildman–Crippen LogP) is 3.00. The van der Waals surface area contributed by atoms with Crippen LogP contribution in [0.2, 0.25) is 0 Å². The molecule has 4 rings (SSSR count). The van der Waals surface area contributed by atoms with Crippen LogP contribution in [0.15, 0.2) is 41.2 Å². The molecular formula is C19H21N5O3. The Balaban J connectivity index is 1.31. The summed E-state index contributed by atoms with van der Waals surface area (Å²) < 4.78 is 11.0. The molecule has 2 atom stereocenters. The molecule has 1 saturated carbocycles. The van der Waals surface area contributed by atoms with E-state index in [-0.39, 0.29) is 18.4 Å². The first-order valence-electron chi connectivity index (χ1n) is 9.00. The maximum atomic E-state index is 12.1. The maximum Gasteiger partial charge on any atom is 0.233 e. The molecule has 3 heterocycles. The number of carbonyl (C=O) groups excluding carboxylic acids is 1. The number of carbonyl (C=O) groups is 1. The summed E-state index contributed by atoms with van der Waals surface area (Å²) in [6.45, 7) is 1.82. The molecule has 1 amide bonds. The topological polar surface area (TPSA) is 106 Å². The van der Waals surface area contributed by atoms with E-state index in [1.807, 2.05) is 25.1 Å². The monoisotopic (exact) mass is 367 g/mol. The average Bonchev–Trinajstić information content (AvgIpc) is 3.38. The van der Waals surface area contributed by atoms with E-state index < -0.39 is 0 Å². The van der Waals surface area contributed by atoms with Crippen molar-refractivity contribution >= 4 is 11.7 Å². The molecule has 0 aromatic carbocycles. The summed E-state index contributed by atoms with van der Waals surface area (Å²) in [6.07, 6.45) is 6.65. The van der Waals surface area contributed by atoms with E-state index in [1.54, 1.807) is 18.5 Å². The van der Waals surface area contributed by atoms with Crippen LogP contribution in [-0.2, 0) is 11.2 Å². The minimum absolute atomic E-state index is 0.132. The number of pyridine rings is 1. The molecule has 3 aromatic rings. The number of aromatic amines is 1. The molecule has 0 saturated heterocycles. The van der Waals surface area contributed by atoms with Crippen molar-refractivity contribution in [3.05, 3.63) is 53.8 Å². The van der Waals surface area contributed by atoms with Crippen molar-refractivity contribution in [3.8, 4) is 5.75 Å². The van der Waals surface area contributed by atoms with Crippen molar-refractivity contribution in [3.63, 3.8) is 0 Å². The zero-order valence-corrected chi connectivity index (χ0v) is 15.0. The molecule has 0 spiro atoms. The summed E-state index contributed by atoms with van der Waals surface area (Å²) in [5.41, 5.74) is 1.77. The number of hydrogen-bond donors (Lipinski definition) is 2. The second-order valence-electron chi connectivity index (χ2n) is 6.81. The minimum atomic E-state index is -0.187. The number of anilines is 1. The first kappa shape index (κ1) is 17.3. The highest BCUT2D eigenvalue weighted by Crippen LogP contribution is 2.36. The number of aromatic nitrogens is 4. The van der Waals surface area contributed by atoms with Gasteiger partial charge >= 0.3 is 0 Å². The Morgan fingerprint density at radius 2 is 2.33 bits per heavy atom. The fourth-order valence-corrected chi connectivity index (χ4v) is 3.39. The fourth-order valence-electron chi connectivity index (χ4n) is 3.39. The summed E-state index contributed by atoms with van der Waals surface area (Å²) in [4.78, 5) is 16.2. The Morgan fingerprint density at radius 3 is 3.11 bits per heavy atom. The normalized spacial score (nSPS) is 19.1. The molecule has 27 heavy (non-hydrogen) atoms. The van der Waals surface area contributed by atoms with Crippen molar-refractivity contribution in [2.75, 3.05) is 5.32 Å². The van der Waals surface area contributed by atoms with Crippen LogP contribution in [0.25, 0.3) is 0 Å². The Bertz CT molecular complexity index is 905. The smallest absolute Gasteiger partial charge is 0.233 e. The van der Waals surface area contributed by atoms with Gasteiger partial charge in [0.25, 0.3) is 0 Å². The predicted molar refractivity (Wildman–Crippen MR) is 97.4 cm³/mol. The SMILES string of the molecule is Cc1cc(CC(=O)Nc2cc([C@H]3CC[C@@H](Oc4cccnc4)C3)[nH]n2)on1. The third kappa shape index (κ3) is 4.33. The highest BCUT2D eigenvalue weighted by atomic mass is 16.5. The summed E-state index contributed by atoms with van der Waals surface area (Å²) >= 11 is 0. The Kier molecular flexibility index (Phi) is 4.86. The van der Waals surface area contributed by atoms with Gasteiger partial charge < -0.3 is 14.6 Å². The number of nitrogens with one attached hydrogen (secondary N) is 2. The molecule has 8 heteroatoms. The van der Waals surface area contributed by atoms with E-state index in [4.69, 9.17) is 9.26 Å². The van der Waals surface area contributed by atoms with Gasteiger partial charge in [-0.2, -0.15) is 5.10 Å². The zero-order valence-electron chi connectivity index (χ0n) is 15.0. The van der Waals surface area contributed by atoms with Gasteiger partial charge in [-0.3, -0.25) is 14.9 Å². The van der Waals surface area contributed by atoms with Gasteiger partial charge in [0.15, 0.2) is 5.82 Å². The van der Waals surface area contributed by atoms with Gasteiger partial charge in [-0.05, 0) is 38.3 Å². The summed E-state index contributed by atoms with van der Waals surface area (Å²) in [5.74, 6) is 1.99. The van der Waals surface area contributed by atoms with Crippen LogP contribution in [-0.4, -0.2) is 32.3 Å². The van der Waals surface area contributed by atoms with Gasteiger partial charge in [-0.25, -0.2) is 0 Å². The number of nitrogens with zero attached hydrogens (tertiary/aromatic N) is 3. The summed E-state index contributed by atoms with van der Waals surface area (Å²) in [6, 6.07) is 7.42. The molecule has 0 bridgehead atoms. The van der Waals surface area contributed by atoms with Gasteiger partial charge in [0.1, 0.15) is 11.5 Å². The average molecular weight is 367 g/mol. The third-order valence-corrected chi connectivity index (χ3v) is 4.64. The Hall–Kier alpha value is -3.16. The fraction of sp³-hybridized carbons (Fsp3) is 0.368. The van der Waals surface area contributed by atoms with E-state index >= 15 is 0 Å². The van der Waals surface area contributed by atoms with Gasteiger partial charge in [-0.15, -0.1) is 0 Å². The van der Waals surface area contributed by atoms with E-state index in [0.717, 1.165) is 36.4 Å². The lowest BCUT2D eigenvalue weighted by molar-refractivity contribution is -0.115. The number of H-pyrrole nitrogens is 1. The maximum absolute atomic E-state index is 12.1. The molecule has 0 radical (unpaired) electrons. The lowest BCUT2D eigenvalue weighted by atomic mass is 10.0. The van der Waals surface area contributed by atoms with Gasteiger partial charge in [0.2, 0.25) is 5.91 Å². The van der Waals surface area contributed by atoms with Crippen LogP contribution in [0.4, 0.5) is 5.82 Å². The number of hydrogen-bond acceptors (Lipinski definition) is 6. The van der Waals surface area contributed by atoms with Crippen molar-refractivity contribution in [2.45, 2.75) is 44.6 Å². The minimum Gasteiger partial charge on any atom is -0.489 e. The van der Waals surface area contributed by atoms with Crippen molar-refractivity contribution in [2.24, 2.45) is 0 Å². The standard InChI is InChI=1S/C19H21N5O3/c1-12-7-16(27-24-12)9-19(25)21-18-10-17(22-23-18)13-4-5-14(8-13)26-15-3-2-6-20-11-15/h2-3,6-7,10-11,13-14H,4-5,8-9H2,1H3,(H2,21,22,23,25)/t13-,14+/m0/s1. The first-order chi connectivity index (χ1) is 13.2. The largest absolute Gasteiger partial charge is 0.489 e. The highest BCUT2D eigenvalue weighted by molar-refractivity contribution is 5.91. The molecule has 1 aliphatic rings. The Morgan fingerprint density at radius 1 is 1.41 bits per heavy atom. The first-order valence-corrected chi connectivity index (χ1v) is 9.00. The van der Waals surface area contributed by atoms with Crippen LogP contribution in [0.5, 0.6) is 5.75 Å². The number of ether oxygens (including phenoxy) is 1. The van der Waals surface area contributed by atoms with Crippen LogP contribution in [0.3, 0.4) is 0 Å². The van der Waals surface area contributed by atoms with Crippen molar-refractivity contribution < 1.29 is 14.1 Å². The number of amides is 1. The molecule has 140 valence electrons. The Labute approximate surface area is 156 Å². The van der Waals surface area contributed by atoms with E-state index in [1.165, 1.54) is 0 Å². The molecule has 1 aliphatic carbocycles. The molecular weight excluding hydrogens is 346 g/mol. The lowest BCUT2D eigenvalue weighted by Crippen LogP contribution is -2.14. The number of aryl methyl sites for hydroxylation is 1. The van der Waals surface area contributed by atoms with Crippen LogP contribution >= 0.6 is 0 Å². The van der Waals surface area contributed by atoms with E-state index in [9.17, 15) is 4.79 Å². The van der Waals surface area contributed by atoms with Crippen molar-refractivity contribution in [1.29, 1.82) is 0 Å². The second kappa shape index (κ2) is 7.61. The van der Waals surface area contributed by atoms with Crippen LogP contribution in [0.1, 0.15) is 42.3 Å².